The fourth-order valence-electron chi connectivity index (χ4n) is 1.52. The Morgan fingerprint density at radius 1 is 1.15 bits per heavy atom. The normalized spacial score (nSPS) is 11.0. The fourth-order valence-corrected chi connectivity index (χ4v) is 3.15. The zero-order chi connectivity index (χ0) is 9.42. The van der Waals surface area contributed by atoms with Gasteiger partial charge in [-0.2, -0.15) is 0 Å². The molecule has 0 aliphatic rings. The minimum atomic E-state index is 1.39. The Balaban J connectivity index is 2.72. The van der Waals surface area contributed by atoms with Crippen molar-refractivity contribution in [2.75, 3.05) is 6.26 Å². The average molecular weight is 208 g/mol. The van der Waals surface area contributed by atoms with Gasteiger partial charge in [0.25, 0.3) is 0 Å². The summed E-state index contributed by atoms with van der Waals surface area (Å²) in [5.41, 5.74) is 1.39. The molecule has 1 heterocycles. The lowest BCUT2D eigenvalue weighted by Crippen LogP contribution is -1.76. The smallest absolute Gasteiger partial charge is 0.0348 e. The Bertz CT molecular complexity index is 441. The van der Waals surface area contributed by atoms with E-state index in [1.165, 1.54) is 25.4 Å². The molecule has 2 aromatic rings. The molecule has 0 aliphatic heterocycles. The predicted molar refractivity (Wildman–Crippen MR) is 63.1 cm³/mol. The molecule has 13 heavy (non-hydrogen) atoms. The highest BCUT2D eigenvalue weighted by molar-refractivity contribution is 7.98. The maximum atomic E-state index is 2.29. The van der Waals surface area contributed by atoms with Gasteiger partial charge >= 0.3 is 0 Å². The first-order valence-corrected chi connectivity index (χ1v) is 6.29. The van der Waals surface area contributed by atoms with Crippen LogP contribution in [0.25, 0.3) is 10.1 Å². The fraction of sp³-hybridized carbons (Fsp3) is 0.273. The topological polar surface area (TPSA) is 0 Å². The van der Waals surface area contributed by atoms with Crippen LogP contribution in [0.4, 0.5) is 0 Å². The van der Waals surface area contributed by atoms with Gasteiger partial charge in [0, 0.05) is 14.5 Å². The van der Waals surface area contributed by atoms with E-state index in [-0.39, 0.29) is 0 Å². The molecule has 0 amide bonds. The van der Waals surface area contributed by atoms with Crippen molar-refractivity contribution >= 4 is 33.2 Å². The first kappa shape index (κ1) is 9.10. The molecule has 0 N–H and O–H groups in total. The summed E-state index contributed by atoms with van der Waals surface area (Å²) >= 11 is 3.70. The third-order valence-corrected chi connectivity index (χ3v) is 4.05. The number of benzene rings is 1. The Kier molecular flexibility index (Phi) is 2.35. The predicted octanol–water partition coefficient (Wildman–Crippen LogP) is 4.24. The first-order chi connectivity index (χ1) is 6.20. The highest BCUT2D eigenvalue weighted by Crippen LogP contribution is 2.31. The molecule has 1 aromatic heterocycles. The molecule has 0 unspecified atom stereocenters. The van der Waals surface area contributed by atoms with Crippen LogP contribution in [0.5, 0.6) is 0 Å². The molecule has 0 saturated carbocycles. The Morgan fingerprint density at radius 2 is 1.92 bits per heavy atom. The lowest BCUT2D eigenvalue weighted by atomic mass is 10.2. The molecule has 68 valence electrons. The van der Waals surface area contributed by atoms with Gasteiger partial charge in [0.05, 0.1) is 0 Å². The summed E-state index contributed by atoms with van der Waals surface area (Å²) in [5, 5.41) is 1.39. The van der Waals surface area contributed by atoms with Crippen molar-refractivity contribution in [3.63, 3.8) is 0 Å². The number of thiophene rings is 1. The van der Waals surface area contributed by atoms with Gasteiger partial charge in [-0.05, 0) is 49.3 Å². The van der Waals surface area contributed by atoms with Gasteiger partial charge in [-0.15, -0.1) is 23.1 Å². The van der Waals surface area contributed by atoms with Crippen molar-refractivity contribution < 1.29 is 0 Å². The lowest BCUT2D eigenvalue weighted by Gasteiger charge is -2.01. The number of aryl methyl sites for hydroxylation is 2. The van der Waals surface area contributed by atoms with E-state index in [9.17, 15) is 0 Å². The van der Waals surface area contributed by atoms with Crippen molar-refractivity contribution in [1.82, 2.24) is 0 Å². The number of thioether (sulfide) groups is 1. The molecule has 2 rings (SSSR count). The second-order valence-corrected chi connectivity index (χ2v) is 5.35. The van der Waals surface area contributed by atoms with E-state index < -0.39 is 0 Å². The number of hydrogen-bond donors (Lipinski definition) is 0. The Labute approximate surface area is 87.0 Å². The first-order valence-electron chi connectivity index (χ1n) is 4.25. The molecule has 2 heteroatoms. The van der Waals surface area contributed by atoms with Crippen LogP contribution in [0.3, 0.4) is 0 Å². The van der Waals surface area contributed by atoms with Crippen molar-refractivity contribution in [2.45, 2.75) is 18.7 Å². The molecule has 0 bridgehead atoms. The van der Waals surface area contributed by atoms with Crippen molar-refractivity contribution in [1.29, 1.82) is 0 Å². The molecule has 0 spiro atoms. The monoisotopic (exact) mass is 208 g/mol. The second kappa shape index (κ2) is 3.35. The van der Waals surface area contributed by atoms with Crippen LogP contribution in [0.15, 0.2) is 23.1 Å². The van der Waals surface area contributed by atoms with E-state index >= 15 is 0 Å². The average Bonchev–Trinajstić information content (AvgIpc) is 2.42. The zero-order valence-corrected chi connectivity index (χ0v) is 9.68. The van der Waals surface area contributed by atoms with Gasteiger partial charge in [0.2, 0.25) is 0 Å². The third-order valence-electron chi connectivity index (χ3n) is 2.16. The SMILES string of the molecule is CSc1cc2cc(C)sc2cc1C. The van der Waals surface area contributed by atoms with Crippen molar-refractivity contribution in [2.24, 2.45) is 0 Å². The van der Waals surface area contributed by atoms with E-state index in [0.29, 0.717) is 0 Å². The third kappa shape index (κ3) is 1.61. The molecular weight excluding hydrogens is 196 g/mol. The van der Waals surface area contributed by atoms with Crippen LogP contribution in [0, 0.1) is 13.8 Å². The van der Waals surface area contributed by atoms with E-state index in [1.807, 2.05) is 23.1 Å². The number of fused-ring (bicyclic) bond motifs is 1. The highest BCUT2D eigenvalue weighted by atomic mass is 32.2. The quantitative estimate of drug-likeness (QED) is 0.632. The van der Waals surface area contributed by atoms with E-state index in [4.69, 9.17) is 0 Å². The summed E-state index contributed by atoms with van der Waals surface area (Å²) in [6, 6.07) is 6.84. The summed E-state index contributed by atoms with van der Waals surface area (Å²) < 4.78 is 1.41. The molecule has 0 nitrogen and oxygen atoms in total. The Hall–Kier alpha value is -0.470. The van der Waals surface area contributed by atoms with E-state index in [2.05, 4.69) is 38.3 Å². The van der Waals surface area contributed by atoms with Crippen LogP contribution in [0.2, 0.25) is 0 Å². The number of hydrogen-bond acceptors (Lipinski definition) is 2. The maximum Gasteiger partial charge on any atom is 0.0348 e. The minimum absolute atomic E-state index is 1.39. The van der Waals surface area contributed by atoms with Crippen LogP contribution in [0.1, 0.15) is 10.4 Å². The summed E-state index contributed by atoms with van der Waals surface area (Å²) in [7, 11) is 0. The second-order valence-electron chi connectivity index (χ2n) is 3.22. The Morgan fingerprint density at radius 3 is 2.62 bits per heavy atom. The summed E-state index contributed by atoms with van der Waals surface area (Å²) in [6.07, 6.45) is 2.13. The van der Waals surface area contributed by atoms with Crippen molar-refractivity contribution in [3.8, 4) is 0 Å². The number of rotatable bonds is 1. The van der Waals surface area contributed by atoms with Crippen LogP contribution in [-0.2, 0) is 0 Å². The maximum absolute atomic E-state index is 2.29. The molecule has 0 saturated heterocycles. The standard InChI is InChI=1S/C11H12S2/c1-7-4-11-9(5-8(2)13-11)6-10(7)12-3/h4-6H,1-3H3. The van der Waals surface area contributed by atoms with Gasteiger partial charge in [0.1, 0.15) is 0 Å². The molecule has 0 aliphatic carbocycles. The van der Waals surface area contributed by atoms with Crippen LogP contribution in [-0.4, -0.2) is 6.26 Å². The van der Waals surface area contributed by atoms with Gasteiger partial charge in [-0.25, -0.2) is 0 Å². The van der Waals surface area contributed by atoms with Gasteiger partial charge in [-0.3, -0.25) is 0 Å². The molecule has 0 radical (unpaired) electrons. The zero-order valence-electron chi connectivity index (χ0n) is 8.05. The van der Waals surface area contributed by atoms with E-state index in [0.717, 1.165) is 0 Å². The molecule has 0 fully saturated rings. The van der Waals surface area contributed by atoms with Crippen molar-refractivity contribution in [3.05, 3.63) is 28.6 Å². The molecule has 1 aromatic carbocycles. The van der Waals surface area contributed by atoms with E-state index in [1.54, 1.807) is 0 Å². The summed E-state index contributed by atoms with van der Waals surface area (Å²) in [6.45, 7) is 4.35. The van der Waals surface area contributed by atoms with Gasteiger partial charge in [-0.1, -0.05) is 0 Å². The minimum Gasteiger partial charge on any atom is -0.141 e. The molecular formula is C11H12S2. The van der Waals surface area contributed by atoms with Crippen LogP contribution < -0.4 is 0 Å². The van der Waals surface area contributed by atoms with Gasteiger partial charge < -0.3 is 0 Å². The van der Waals surface area contributed by atoms with Gasteiger partial charge in [0.15, 0.2) is 0 Å². The lowest BCUT2D eigenvalue weighted by molar-refractivity contribution is 1.34. The van der Waals surface area contributed by atoms with Crippen LogP contribution >= 0.6 is 23.1 Å². The highest BCUT2D eigenvalue weighted by Gasteiger charge is 2.02. The summed E-state index contributed by atoms with van der Waals surface area (Å²) in [5.74, 6) is 0. The molecule has 0 atom stereocenters. The summed E-state index contributed by atoms with van der Waals surface area (Å²) in [4.78, 5) is 2.79. The largest absolute Gasteiger partial charge is 0.141 e.